The van der Waals surface area contributed by atoms with Crippen LogP contribution in [0.4, 0.5) is 11.6 Å². The van der Waals surface area contributed by atoms with E-state index < -0.39 is 0 Å². The molecule has 3 rings (SSSR count). The summed E-state index contributed by atoms with van der Waals surface area (Å²) in [5, 5.41) is 14.2. The van der Waals surface area contributed by atoms with Gasteiger partial charge in [-0.25, -0.2) is 9.97 Å². The fourth-order valence-corrected chi connectivity index (χ4v) is 2.58. The number of aromatic nitrogens is 2. The molecule has 1 heterocycles. The molecule has 0 aliphatic rings. The second-order valence-electron chi connectivity index (χ2n) is 5.45. The van der Waals surface area contributed by atoms with Crippen LogP contribution in [0.15, 0.2) is 54.7 Å². The highest BCUT2D eigenvalue weighted by Crippen LogP contribution is 2.35. The van der Waals surface area contributed by atoms with Crippen LogP contribution in [-0.4, -0.2) is 23.6 Å². The Hall–Kier alpha value is -3.59. The molecule has 3 aromatic rings. The summed E-state index contributed by atoms with van der Waals surface area (Å²) in [6.45, 7) is 4.05. The highest BCUT2D eigenvalue weighted by Gasteiger charge is 2.11. The lowest BCUT2D eigenvalue weighted by Crippen LogP contribution is -2.05. The van der Waals surface area contributed by atoms with Crippen molar-refractivity contribution >= 4 is 22.4 Å². The minimum absolute atomic E-state index is 0.229. The van der Waals surface area contributed by atoms with Gasteiger partial charge in [0.05, 0.1) is 24.6 Å². The molecule has 0 aliphatic heterocycles. The molecular formula is C19H17N5O. The molecule has 0 fully saturated rings. The molecule has 0 saturated carbocycles. The number of ether oxygens (including phenoxy) is 1. The van der Waals surface area contributed by atoms with Crippen LogP contribution in [0, 0.1) is 11.3 Å². The smallest absolute Gasteiger partial charge is 0.220 e. The summed E-state index contributed by atoms with van der Waals surface area (Å²) >= 11 is 0. The number of nitrogens with one attached hydrogen (secondary N) is 1. The highest BCUT2D eigenvalue weighted by molar-refractivity contribution is 5.99. The molecule has 0 atom stereocenters. The predicted molar refractivity (Wildman–Crippen MR) is 99.2 cm³/mol. The van der Waals surface area contributed by atoms with E-state index in [0.29, 0.717) is 17.9 Å². The van der Waals surface area contributed by atoms with Crippen LogP contribution in [0.3, 0.4) is 0 Å². The third-order valence-electron chi connectivity index (χ3n) is 3.81. The van der Waals surface area contributed by atoms with Gasteiger partial charge in [0.25, 0.3) is 0 Å². The van der Waals surface area contributed by atoms with Gasteiger partial charge in [-0.05, 0) is 23.6 Å². The first kappa shape index (κ1) is 16.3. The van der Waals surface area contributed by atoms with Crippen LogP contribution in [0.1, 0.15) is 0 Å². The van der Waals surface area contributed by atoms with E-state index in [4.69, 9.17) is 15.7 Å². The Morgan fingerprint density at radius 1 is 1.32 bits per heavy atom. The van der Waals surface area contributed by atoms with Gasteiger partial charge in [0, 0.05) is 29.3 Å². The van der Waals surface area contributed by atoms with Gasteiger partial charge < -0.3 is 15.8 Å². The van der Waals surface area contributed by atoms with Gasteiger partial charge in [0.1, 0.15) is 5.75 Å². The SMILES string of the molecule is C=C(C#N)CNc1c(OC)ccc2ccc(-c3ccnc(N)n3)cc12. The Bertz CT molecular complexity index is 991. The molecule has 1 aromatic heterocycles. The zero-order valence-electron chi connectivity index (χ0n) is 13.8. The Labute approximate surface area is 145 Å². The van der Waals surface area contributed by atoms with E-state index in [1.54, 1.807) is 13.3 Å². The lowest BCUT2D eigenvalue weighted by molar-refractivity contribution is 0.417. The molecule has 2 aromatic carbocycles. The van der Waals surface area contributed by atoms with E-state index in [0.717, 1.165) is 27.7 Å². The normalized spacial score (nSPS) is 10.2. The Kier molecular flexibility index (Phi) is 4.48. The van der Waals surface area contributed by atoms with Crippen molar-refractivity contribution < 1.29 is 4.74 Å². The van der Waals surface area contributed by atoms with Crippen molar-refractivity contribution in [1.82, 2.24) is 9.97 Å². The van der Waals surface area contributed by atoms with Crippen LogP contribution in [-0.2, 0) is 0 Å². The van der Waals surface area contributed by atoms with Gasteiger partial charge in [-0.1, -0.05) is 24.8 Å². The molecule has 124 valence electrons. The fraction of sp³-hybridized carbons (Fsp3) is 0.105. The Morgan fingerprint density at radius 3 is 2.84 bits per heavy atom. The van der Waals surface area contributed by atoms with Crippen molar-refractivity contribution in [3.63, 3.8) is 0 Å². The summed E-state index contributed by atoms with van der Waals surface area (Å²) in [7, 11) is 1.61. The minimum Gasteiger partial charge on any atom is -0.495 e. The number of rotatable bonds is 5. The first-order valence-corrected chi connectivity index (χ1v) is 7.64. The van der Waals surface area contributed by atoms with E-state index >= 15 is 0 Å². The summed E-state index contributed by atoms with van der Waals surface area (Å²) < 4.78 is 5.46. The van der Waals surface area contributed by atoms with Gasteiger partial charge in [-0.3, -0.25) is 0 Å². The average Bonchev–Trinajstić information content (AvgIpc) is 2.65. The van der Waals surface area contributed by atoms with Crippen LogP contribution < -0.4 is 15.8 Å². The number of fused-ring (bicyclic) bond motifs is 1. The van der Waals surface area contributed by atoms with Crippen molar-refractivity contribution in [1.29, 1.82) is 5.26 Å². The molecule has 0 radical (unpaired) electrons. The topological polar surface area (TPSA) is 96.8 Å². The number of nitrogen functional groups attached to an aromatic ring is 1. The molecule has 0 bridgehead atoms. The molecule has 0 unspecified atom stereocenters. The third kappa shape index (κ3) is 3.35. The first-order valence-electron chi connectivity index (χ1n) is 7.64. The number of nitrogens with two attached hydrogens (primary N) is 1. The number of hydrogen-bond donors (Lipinski definition) is 2. The summed E-state index contributed by atoms with van der Waals surface area (Å²) in [5.41, 5.74) is 8.59. The molecule has 25 heavy (non-hydrogen) atoms. The van der Waals surface area contributed by atoms with E-state index in [2.05, 4.69) is 21.9 Å². The highest BCUT2D eigenvalue weighted by atomic mass is 16.5. The molecule has 0 amide bonds. The number of nitrogens with zero attached hydrogens (tertiary/aromatic N) is 3. The lowest BCUT2D eigenvalue weighted by Gasteiger charge is -2.15. The van der Waals surface area contributed by atoms with E-state index in [1.807, 2.05) is 42.5 Å². The minimum atomic E-state index is 0.229. The monoisotopic (exact) mass is 331 g/mol. The number of methoxy groups -OCH3 is 1. The average molecular weight is 331 g/mol. The Morgan fingerprint density at radius 2 is 2.12 bits per heavy atom. The predicted octanol–water partition coefficient (Wildman–Crippen LogP) is 3.38. The molecule has 0 aliphatic carbocycles. The van der Waals surface area contributed by atoms with Gasteiger partial charge in [0.2, 0.25) is 5.95 Å². The molecule has 0 spiro atoms. The van der Waals surface area contributed by atoms with Crippen LogP contribution in [0.2, 0.25) is 0 Å². The fourth-order valence-electron chi connectivity index (χ4n) is 2.58. The second kappa shape index (κ2) is 6.89. The maximum absolute atomic E-state index is 8.92. The summed E-state index contributed by atoms with van der Waals surface area (Å²) in [4.78, 5) is 8.19. The standard InChI is InChI=1S/C19H17N5O/c1-12(10-20)11-23-18-15-9-14(16-7-8-22-19(21)24-16)4-3-13(15)5-6-17(18)25-2/h3-9,23H,1,11H2,2H3,(H2,21,22,24). The van der Waals surface area contributed by atoms with Gasteiger partial charge in [0.15, 0.2) is 0 Å². The zero-order chi connectivity index (χ0) is 17.8. The van der Waals surface area contributed by atoms with E-state index in [1.165, 1.54) is 0 Å². The van der Waals surface area contributed by atoms with Crippen molar-refractivity contribution in [2.75, 3.05) is 24.7 Å². The van der Waals surface area contributed by atoms with Crippen molar-refractivity contribution in [3.8, 4) is 23.1 Å². The van der Waals surface area contributed by atoms with Crippen LogP contribution in [0.25, 0.3) is 22.0 Å². The van der Waals surface area contributed by atoms with Crippen molar-refractivity contribution in [2.45, 2.75) is 0 Å². The van der Waals surface area contributed by atoms with Crippen LogP contribution >= 0.6 is 0 Å². The summed E-state index contributed by atoms with van der Waals surface area (Å²) in [6.07, 6.45) is 1.63. The Balaban J connectivity index is 2.13. The number of hydrogen-bond acceptors (Lipinski definition) is 6. The molecule has 3 N–H and O–H groups in total. The maximum Gasteiger partial charge on any atom is 0.220 e. The first-order chi connectivity index (χ1) is 12.1. The number of anilines is 2. The van der Waals surface area contributed by atoms with Gasteiger partial charge >= 0.3 is 0 Å². The molecular weight excluding hydrogens is 314 g/mol. The quantitative estimate of drug-likeness (QED) is 0.696. The van der Waals surface area contributed by atoms with Crippen LogP contribution in [0.5, 0.6) is 5.75 Å². The van der Waals surface area contributed by atoms with Gasteiger partial charge in [-0.2, -0.15) is 5.26 Å². The largest absolute Gasteiger partial charge is 0.495 e. The zero-order valence-corrected chi connectivity index (χ0v) is 13.8. The second-order valence-corrected chi connectivity index (χ2v) is 5.45. The number of nitriles is 1. The van der Waals surface area contributed by atoms with E-state index in [9.17, 15) is 0 Å². The molecule has 6 nitrogen and oxygen atoms in total. The summed E-state index contributed by atoms with van der Waals surface area (Å²) in [5.74, 6) is 0.921. The maximum atomic E-state index is 8.92. The molecule has 0 saturated heterocycles. The van der Waals surface area contributed by atoms with E-state index in [-0.39, 0.29) is 5.95 Å². The van der Waals surface area contributed by atoms with Gasteiger partial charge in [-0.15, -0.1) is 0 Å². The third-order valence-corrected chi connectivity index (χ3v) is 3.81. The van der Waals surface area contributed by atoms with Crippen molar-refractivity contribution in [3.05, 3.63) is 54.7 Å². The summed E-state index contributed by atoms with van der Waals surface area (Å²) in [6, 6.07) is 13.7. The van der Waals surface area contributed by atoms with Crippen molar-refractivity contribution in [2.24, 2.45) is 0 Å². The lowest BCUT2D eigenvalue weighted by atomic mass is 10.0. The molecule has 6 heteroatoms. The number of benzene rings is 2.